The van der Waals surface area contributed by atoms with Gasteiger partial charge in [-0.05, 0) is 34.2 Å². The van der Waals surface area contributed by atoms with Crippen molar-refractivity contribution in [2.45, 2.75) is 10.6 Å². The molecule has 0 aliphatic rings. The van der Waals surface area contributed by atoms with Crippen molar-refractivity contribution in [1.82, 2.24) is 0 Å². The lowest BCUT2D eigenvalue weighted by Crippen LogP contribution is -1.99. The Labute approximate surface area is 122 Å². The zero-order chi connectivity index (χ0) is 14.5. The van der Waals surface area contributed by atoms with Gasteiger partial charge in [-0.25, -0.2) is 4.79 Å². The Bertz CT molecular complexity index is 661. The molecule has 1 atom stereocenters. The maximum absolute atomic E-state index is 11.0. The highest BCUT2D eigenvalue weighted by atomic mass is 32.2. The Morgan fingerprint density at radius 3 is 2.65 bits per heavy atom. The van der Waals surface area contributed by atoms with Gasteiger partial charge in [-0.3, -0.25) is 0 Å². The summed E-state index contributed by atoms with van der Waals surface area (Å²) in [5.41, 5.74) is 1.35. The molecule has 0 saturated heterocycles. The topological polar surface area (TPSA) is 66.7 Å². The molecule has 0 radical (unpaired) electrons. The Balaban J connectivity index is 2.21. The maximum Gasteiger partial charge on any atom is 0.335 e. The Kier molecular flexibility index (Phi) is 4.88. The van der Waals surface area contributed by atoms with E-state index >= 15 is 0 Å². The summed E-state index contributed by atoms with van der Waals surface area (Å²) in [6.07, 6.45) is 0. The van der Waals surface area contributed by atoms with Gasteiger partial charge in [-0.1, -0.05) is 24.3 Å². The van der Waals surface area contributed by atoms with Crippen LogP contribution < -0.4 is 5.30 Å². The second kappa shape index (κ2) is 6.64. The van der Waals surface area contributed by atoms with Crippen molar-refractivity contribution in [2.75, 3.05) is 0 Å². The van der Waals surface area contributed by atoms with Crippen LogP contribution in [0.1, 0.15) is 15.9 Å². The summed E-state index contributed by atoms with van der Waals surface area (Å²) in [7, 11) is 2.67. The molecule has 2 rings (SSSR count). The molecule has 6 heteroatoms. The number of thioether (sulfide) groups is 1. The molecule has 4 nitrogen and oxygen atoms in total. The van der Waals surface area contributed by atoms with E-state index in [4.69, 9.17) is 5.11 Å². The molecule has 2 aromatic carbocycles. The molecule has 0 fully saturated rings. The highest BCUT2D eigenvalue weighted by Gasteiger charge is 2.08. The lowest BCUT2D eigenvalue weighted by Gasteiger charge is -2.06. The highest BCUT2D eigenvalue weighted by Crippen LogP contribution is 2.28. The van der Waals surface area contributed by atoms with Crippen LogP contribution in [-0.2, 0) is 5.75 Å². The Morgan fingerprint density at radius 2 is 2.00 bits per heavy atom. The minimum atomic E-state index is -1.07. The number of aromatic carboxylic acids is 1. The van der Waals surface area contributed by atoms with Crippen LogP contribution in [0.4, 0.5) is 5.69 Å². The van der Waals surface area contributed by atoms with Gasteiger partial charge in [0.05, 0.1) is 5.56 Å². The molecule has 1 N–H and O–H groups in total. The number of hydrogen-bond donors (Lipinski definition) is 1. The largest absolute Gasteiger partial charge is 0.478 e. The highest BCUT2D eigenvalue weighted by molar-refractivity contribution is 7.98. The van der Waals surface area contributed by atoms with Gasteiger partial charge in [0.25, 0.3) is 0 Å². The number of benzene rings is 2. The van der Waals surface area contributed by atoms with E-state index in [0.717, 1.165) is 10.9 Å². The summed E-state index contributed by atoms with van der Waals surface area (Å²) in [4.78, 5) is 22.3. The summed E-state index contributed by atoms with van der Waals surface area (Å²) in [5.74, 6) is -0.370. The number of nitroso groups, excluding NO2 is 1. The minimum Gasteiger partial charge on any atom is -0.478 e. The summed E-state index contributed by atoms with van der Waals surface area (Å²) in [6.45, 7) is 0. The van der Waals surface area contributed by atoms with Gasteiger partial charge in [0.2, 0.25) is 0 Å². The normalized spacial score (nSPS) is 10.2. The van der Waals surface area contributed by atoms with Gasteiger partial charge in [-0.2, -0.15) is 0 Å². The van der Waals surface area contributed by atoms with Crippen molar-refractivity contribution in [3.8, 4) is 0 Å². The zero-order valence-electron chi connectivity index (χ0n) is 10.4. The predicted octanol–water partition coefficient (Wildman–Crippen LogP) is 3.58. The molecule has 20 heavy (non-hydrogen) atoms. The van der Waals surface area contributed by atoms with Gasteiger partial charge in [0, 0.05) is 10.6 Å². The van der Waals surface area contributed by atoms with Crippen molar-refractivity contribution < 1.29 is 9.90 Å². The van der Waals surface area contributed by atoms with Crippen molar-refractivity contribution in [3.05, 3.63) is 58.5 Å². The third-order valence-corrected chi connectivity index (χ3v) is 4.28. The van der Waals surface area contributed by atoms with E-state index in [1.165, 1.54) is 17.8 Å². The smallest absolute Gasteiger partial charge is 0.335 e. The van der Waals surface area contributed by atoms with E-state index in [1.807, 2.05) is 24.3 Å². The average Bonchev–Trinajstić information content (AvgIpc) is 2.46. The fourth-order valence-corrected chi connectivity index (χ4v) is 3.13. The number of carbonyl (C=O) groups is 1. The lowest BCUT2D eigenvalue weighted by molar-refractivity contribution is 0.0696. The monoisotopic (exact) mass is 305 g/mol. The van der Waals surface area contributed by atoms with Crippen molar-refractivity contribution in [2.24, 2.45) is 5.18 Å². The quantitative estimate of drug-likeness (QED) is 0.521. The summed E-state index contributed by atoms with van der Waals surface area (Å²) in [5, 5.41) is 12.9. The predicted molar refractivity (Wildman–Crippen MR) is 84.2 cm³/mol. The van der Waals surface area contributed by atoms with E-state index in [1.54, 1.807) is 12.1 Å². The first-order valence-corrected chi connectivity index (χ1v) is 7.34. The van der Waals surface area contributed by atoms with Crippen LogP contribution in [0.2, 0.25) is 0 Å². The molecular weight excluding hydrogens is 293 g/mol. The summed E-state index contributed by atoms with van der Waals surface area (Å²) >= 11 is 1.47. The third kappa shape index (κ3) is 3.65. The molecule has 0 heterocycles. The fourth-order valence-electron chi connectivity index (χ4n) is 1.67. The van der Waals surface area contributed by atoms with Crippen LogP contribution in [-0.4, -0.2) is 11.1 Å². The van der Waals surface area contributed by atoms with Gasteiger partial charge < -0.3 is 5.11 Å². The average molecular weight is 305 g/mol. The number of carboxylic acid groups (broad SMARTS) is 1. The number of carboxylic acids is 1. The number of hydrogen-bond acceptors (Lipinski definition) is 4. The lowest BCUT2D eigenvalue weighted by atomic mass is 10.2. The van der Waals surface area contributed by atoms with E-state index in [0.29, 0.717) is 10.6 Å². The fraction of sp³-hybridized carbons (Fsp3) is 0.0714. The van der Waals surface area contributed by atoms with E-state index < -0.39 is 5.97 Å². The van der Waals surface area contributed by atoms with E-state index in [9.17, 15) is 9.70 Å². The first-order valence-electron chi connectivity index (χ1n) is 5.78. The molecule has 102 valence electrons. The van der Waals surface area contributed by atoms with Crippen molar-refractivity contribution in [1.29, 1.82) is 0 Å². The van der Waals surface area contributed by atoms with Gasteiger partial charge >= 0.3 is 5.97 Å². The van der Waals surface area contributed by atoms with Crippen molar-refractivity contribution >= 4 is 38.0 Å². The van der Waals surface area contributed by atoms with Crippen LogP contribution in [0.5, 0.6) is 0 Å². The Hall–Kier alpha value is -1.71. The standard InChI is InChI=1S/C14H12NO3PS/c16-14(17)10-5-11(15-18)7-12(6-10)20-8-9-3-1-2-4-13(9)19/h1-7H,8,19H2,(H,16,17). The van der Waals surface area contributed by atoms with E-state index in [-0.39, 0.29) is 11.3 Å². The van der Waals surface area contributed by atoms with Crippen LogP contribution in [0.25, 0.3) is 0 Å². The van der Waals surface area contributed by atoms with Crippen LogP contribution >= 0.6 is 21.0 Å². The molecule has 0 amide bonds. The van der Waals surface area contributed by atoms with E-state index in [2.05, 4.69) is 14.4 Å². The molecule has 0 spiro atoms. The minimum absolute atomic E-state index is 0.0729. The second-order valence-corrected chi connectivity index (χ2v) is 5.77. The Morgan fingerprint density at radius 1 is 1.25 bits per heavy atom. The van der Waals surface area contributed by atoms with Gasteiger partial charge in [-0.15, -0.1) is 25.9 Å². The molecule has 2 aromatic rings. The summed E-state index contributed by atoms with van der Waals surface area (Å²) in [6, 6.07) is 12.3. The second-order valence-electron chi connectivity index (χ2n) is 4.10. The molecular formula is C14H12NO3PS. The van der Waals surface area contributed by atoms with Crippen LogP contribution in [0, 0.1) is 4.91 Å². The molecule has 1 unspecified atom stereocenters. The number of nitrogens with zero attached hydrogens (tertiary/aromatic N) is 1. The summed E-state index contributed by atoms with van der Waals surface area (Å²) < 4.78 is 0. The molecule has 0 aromatic heterocycles. The van der Waals surface area contributed by atoms with Crippen LogP contribution in [0.3, 0.4) is 0 Å². The molecule has 0 bridgehead atoms. The van der Waals surface area contributed by atoms with Gasteiger partial charge in [0.1, 0.15) is 5.69 Å². The molecule has 0 aliphatic heterocycles. The first kappa shape index (κ1) is 14.7. The number of rotatable bonds is 5. The third-order valence-electron chi connectivity index (χ3n) is 2.69. The molecule has 0 saturated carbocycles. The van der Waals surface area contributed by atoms with Crippen molar-refractivity contribution in [3.63, 3.8) is 0 Å². The maximum atomic E-state index is 11.0. The molecule has 0 aliphatic carbocycles. The zero-order valence-corrected chi connectivity index (χ0v) is 12.4. The first-order chi connectivity index (χ1) is 9.60. The van der Waals surface area contributed by atoms with Crippen LogP contribution in [0.15, 0.2) is 52.5 Å². The van der Waals surface area contributed by atoms with Gasteiger partial charge in [0.15, 0.2) is 0 Å². The SMILES string of the molecule is O=Nc1cc(SCc2ccccc2P)cc(C(=O)O)c1.